The predicted molar refractivity (Wildman–Crippen MR) is 120 cm³/mol. The van der Waals surface area contributed by atoms with Gasteiger partial charge in [-0.3, -0.25) is 0 Å². The molecule has 0 saturated carbocycles. The molecule has 2 bridgehead atoms. The molecule has 1 aromatic carbocycles. The first-order chi connectivity index (χ1) is 15.4. The van der Waals surface area contributed by atoms with E-state index in [-0.39, 0.29) is 12.1 Å². The first-order valence-corrected chi connectivity index (χ1v) is 10.9. The van der Waals surface area contributed by atoms with E-state index in [9.17, 15) is 9.65 Å². The van der Waals surface area contributed by atoms with Crippen LogP contribution in [0, 0.1) is 31.0 Å². The van der Waals surface area contributed by atoms with Crippen molar-refractivity contribution in [2.75, 3.05) is 23.4 Å². The Balaban J connectivity index is 1.52. The molecule has 3 aromatic rings. The zero-order valence-corrected chi connectivity index (χ0v) is 18.4. The lowest BCUT2D eigenvalue weighted by atomic mass is 9.97. The zero-order chi connectivity index (χ0) is 22.4. The summed E-state index contributed by atoms with van der Waals surface area (Å²) in [4.78, 5) is 7.06. The number of nitrogens with zero attached hydrogens (tertiary/aromatic N) is 5. The standard InChI is InChI=1S/C24H25FN6O/c1-13-16(9-26)6-17(25)7-20(13)14(2)28-24-21-8-23(27-10-22(21)15(3)29-30-24)31-11-19-5-4-18(31)12-32-19/h6-8,10,14,18-19H,4-5,11-12H2,1-3H3,(H,28,30)/t14-,18-,19-/m1/s1. The van der Waals surface area contributed by atoms with Crippen LogP contribution >= 0.6 is 0 Å². The summed E-state index contributed by atoms with van der Waals surface area (Å²) < 4.78 is 19.9. The Kier molecular flexibility index (Phi) is 5.14. The molecule has 0 spiro atoms. The van der Waals surface area contributed by atoms with Crippen LogP contribution in [0.4, 0.5) is 16.0 Å². The summed E-state index contributed by atoms with van der Waals surface area (Å²) in [5.41, 5.74) is 2.61. The molecule has 2 aromatic heterocycles. The monoisotopic (exact) mass is 432 g/mol. The molecular weight excluding hydrogens is 407 g/mol. The summed E-state index contributed by atoms with van der Waals surface area (Å²) in [6, 6.07) is 6.94. The number of ether oxygens (including phenoxy) is 1. The zero-order valence-electron chi connectivity index (χ0n) is 18.4. The van der Waals surface area contributed by atoms with E-state index in [0.29, 0.717) is 17.4 Å². The van der Waals surface area contributed by atoms with Crippen molar-refractivity contribution in [2.24, 2.45) is 0 Å². The second kappa shape index (κ2) is 7.99. The molecule has 3 atom stereocenters. The lowest BCUT2D eigenvalue weighted by molar-refractivity contribution is -0.0228. The summed E-state index contributed by atoms with van der Waals surface area (Å²) in [6.45, 7) is 7.26. The first kappa shape index (κ1) is 20.6. The average Bonchev–Trinajstić information content (AvgIpc) is 2.82. The van der Waals surface area contributed by atoms with Gasteiger partial charge in [-0.1, -0.05) is 0 Å². The average molecular weight is 433 g/mol. The number of rotatable bonds is 4. The second-order valence-corrected chi connectivity index (χ2v) is 8.71. The highest BCUT2D eigenvalue weighted by Gasteiger charge is 2.35. The molecule has 0 unspecified atom stereocenters. The summed E-state index contributed by atoms with van der Waals surface area (Å²) in [6.07, 6.45) is 4.33. The number of halogens is 1. The molecule has 0 amide bonds. The van der Waals surface area contributed by atoms with Crippen LogP contribution in [0.15, 0.2) is 24.4 Å². The summed E-state index contributed by atoms with van der Waals surface area (Å²) >= 11 is 0. The normalized spacial score (nSPS) is 20.9. The van der Waals surface area contributed by atoms with Crippen LogP contribution in [-0.2, 0) is 4.74 Å². The number of piperidine rings is 1. The van der Waals surface area contributed by atoms with E-state index in [2.05, 4.69) is 32.5 Å². The lowest BCUT2D eigenvalue weighted by Crippen LogP contribution is -2.54. The van der Waals surface area contributed by atoms with E-state index in [1.54, 1.807) is 0 Å². The van der Waals surface area contributed by atoms with Gasteiger partial charge in [0.1, 0.15) is 11.6 Å². The lowest BCUT2D eigenvalue weighted by Gasteiger charge is -2.45. The predicted octanol–water partition coefficient (Wildman–Crippen LogP) is 4.19. The summed E-state index contributed by atoms with van der Waals surface area (Å²) in [7, 11) is 0. The van der Waals surface area contributed by atoms with Crippen molar-refractivity contribution < 1.29 is 9.13 Å². The van der Waals surface area contributed by atoms with Crippen molar-refractivity contribution in [3.63, 3.8) is 0 Å². The van der Waals surface area contributed by atoms with Gasteiger partial charge in [-0.05, 0) is 62.9 Å². The molecule has 6 rings (SSSR count). The van der Waals surface area contributed by atoms with Crippen LogP contribution in [-0.4, -0.2) is 40.5 Å². The molecule has 5 heterocycles. The fourth-order valence-corrected chi connectivity index (χ4v) is 4.80. The van der Waals surface area contributed by atoms with Crippen molar-refractivity contribution in [2.45, 2.75) is 51.8 Å². The second-order valence-electron chi connectivity index (χ2n) is 8.71. The number of aromatic nitrogens is 3. The van der Waals surface area contributed by atoms with Gasteiger partial charge in [0.05, 0.1) is 42.1 Å². The Morgan fingerprint density at radius 2 is 2.06 bits per heavy atom. The number of nitriles is 1. The molecule has 0 radical (unpaired) electrons. The molecule has 3 aliphatic rings. The van der Waals surface area contributed by atoms with Gasteiger partial charge in [-0.15, -0.1) is 5.10 Å². The van der Waals surface area contributed by atoms with E-state index >= 15 is 0 Å². The number of hydrogen-bond acceptors (Lipinski definition) is 7. The van der Waals surface area contributed by atoms with Crippen molar-refractivity contribution in [1.82, 2.24) is 15.2 Å². The quantitative estimate of drug-likeness (QED) is 0.661. The minimum atomic E-state index is -0.426. The number of hydrogen-bond donors (Lipinski definition) is 1. The highest BCUT2D eigenvalue weighted by molar-refractivity contribution is 5.94. The number of nitrogens with one attached hydrogen (secondary N) is 1. The number of benzene rings is 1. The van der Waals surface area contributed by atoms with Gasteiger partial charge < -0.3 is 15.0 Å². The topological polar surface area (TPSA) is 87.0 Å². The molecule has 32 heavy (non-hydrogen) atoms. The van der Waals surface area contributed by atoms with Crippen molar-refractivity contribution in [3.8, 4) is 6.07 Å². The van der Waals surface area contributed by atoms with E-state index in [4.69, 9.17) is 9.72 Å². The van der Waals surface area contributed by atoms with Crippen LogP contribution in [0.1, 0.15) is 48.2 Å². The molecule has 8 heteroatoms. The largest absolute Gasteiger partial charge is 0.374 e. The minimum Gasteiger partial charge on any atom is -0.374 e. The smallest absolute Gasteiger partial charge is 0.157 e. The Labute approximate surface area is 186 Å². The van der Waals surface area contributed by atoms with Gasteiger partial charge in [0, 0.05) is 23.5 Å². The highest BCUT2D eigenvalue weighted by Crippen LogP contribution is 2.34. The van der Waals surface area contributed by atoms with Gasteiger partial charge in [-0.2, -0.15) is 10.4 Å². The third kappa shape index (κ3) is 3.53. The molecule has 1 N–H and O–H groups in total. The molecular formula is C24H25FN6O. The van der Waals surface area contributed by atoms with Crippen LogP contribution < -0.4 is 10.2 Å². The Morgan fingerprint density at radius 1 is 1.22 bits per heavy atom. The number of anilines is 2. The van der Waals surface area contributed by atoms with E-state index in [0.717, 1.165) is 59.4 Å². The number of morpholine rings is 1. The Bertz CT molecular complexity index is 1230. The fourth-order valence-electron chi connectivity index (χ4n) is 4.80. The Hall–Kier alpha value is -3.31. The molecule has 3 aliphatic heterocycles. The highest BCUT2D eigenvalue weighted by atomic mass is 19.1. The maximum absolute atomic E-state index is 14.1. The van der Waals surface area contributed by atoms with Gasteiger partial charge in [-0.25, -0.2) is 9.37 Å². The van der Waals surface area contributed by atoms with E-state index in [1.807, 2.05) is 27.0 Å². The molecule has 0 aliphatic carbocycles. The van der Waals surface area contributed by atoms with Gasteiger partial charge in [0.2, 0.25) is 0 Å². The van der Waals surface area contributed by atoms with E-state index < -0.39 is 5.82 Å². The van der Waals surface area contributed by atoms with Crippen molar-refractivity contribution in [1.29, 1.82) is 5.26 Å². The van der Waals surface area contributed by atoms with Crippen LogP contribution in [0.25, 0.3) is 10.8 Å². The van der Waals surface area contributed by atoms with Crippen molar-refractivity contribution >= 4 is 22.4 Å². The van der Waals surface area contributed by atoms with Gasteiger partial charge in [0.25, 0.3) is 0 Å². The molecule has 3 saturated heterocycles. The van der Waals surface area contributed by atoms with Crippen LogP contribution in [0.3, 0.4) is 0 Å². The maximum atomic E-state index is 14.1. The van der Waals surface area contributed by atoms with Crippen LogP contribution in [0.5, 0.6) is 0 Å². The molecule has 3 fully saturated rings. The molecule has 164 valence electrons. The molecule has 7 nitrogen and oxygen atoms in total. The third-order valence-electron chi connectivity index (χ3n) is 6.67. The summed E-state index contributed by atoms with van der Waals surface area (Å²) in [5, 5.41) is 23.3. The number of fused-ring (bicyclic) bond motifs is 4. The minimum absolute atomic E-state index is 0.262. The third-order valence-corrected chi connectivity index (χ3v) is 6.67. The van der Waals surface area contributed by atoms with E-state index in [1.165, 1.54) is 12.1 Å². The number of pyridine rings is 1. The number of aryl methyl sites for hydroxylation is 1. The Morgan fingerprint density at radius 3 is 2.75 bits per heavy atom. The van der Waals surface area contributed by atoms with Gasteiger partial charge in [0.15, 0.2) is 5.82 Å². The summed E-state index contributed by atoms with van der Waals surface area (Å²) in [5.74, 6) is 1.10. The van der Waals surface area contributed by atoms with Crippen molar-refractivity contribution in [3.05, 3.63) is 52.6 Å². The maximum Gasteiger partial charge on any atom is 0.157 e. The van der Waals surface area contributed by atoms with Crippen LogP contribution in [0.2, 0.25) is 0 Å². The fraction of sp³-hybridized carbons (Fsp3) is 0.417. The van der Waals surface area contributed by atoms with Gasteiger partial charge >= 0.3 is 0 Å². The SMILES string of the molecule is Cc1c(C#N)cc(F)cc1[C@@H](C)Nc1nnc(C)c2cnc(N3C[C@H]4CC[C@@H]3CO4)cc12. The first-order valence-electron chi connectivity index (χ1n) is 10.9.